The fraction of sp³-hybridized carbons (Fsp3) is 0.353. The van der Waals surface area contributed by atoms with Crippen molar-refractivity contribution < 1.29 is 28.7 Å². The Morgan fingerprint density at radius 1 is 0.742 bits per heavy atom. The van der Waals surface area contributed by atoms with Crippen LogP contribution in [0.3, 0.4) is 0 Å². The number of alkyl carbamates (subject to hydrolysis) is 1. The molecule has 66 heavy (non-hydrogen) atoms. The van der Waals surface area contributed by atoms with Gasteiger partial charge in [-0.3, -0.25) is 14.4 Å². The van der Waals surface area contributed by atoms with Crippen molar-refractivity contribution in [2.75, 3.05) is 25.4 Å². The van der Waals surface area contributed by atoms with Crippen molar-refractivity contribution in [1.82, 2.24) is 20.9 Å². The third kappa shape index (κ3) is 11.5. The molecule has 0 saturated carbocycles. The van der Waals surface area contributed by atoms with Crippen LogP contribution in [0.25, 0.3) is 23.3 Å². The van der Waals surface area contributed by atoms with Crippen LogP contribution in [-0.4, -0.2) is 83.3 Å². The topological polar surface area (TPSA) is 134 Å². The van der Waals surface area contributed by atoms with Crippen LogP contribution < -0.4 is 16.0 Å². The van der Waals surface area contributed by atoms with Crippen molar-refractivity contribution in [2.45, 2.75) is 87.1 Å². The van der Waals surface area contributed by atoms with Gasteiger partial charge in [0.2, 0.25) is 5.91 Å². The summed E-state index contributed by atoms with van der Waals surface area (Å²) in [5.74, 6) is 0.300. The van der Waals surface area contributed by atoms with Crippen LogP contribution in [0.2, 0.25) is 20.1 Å². The third-order valence-corrected chi connectivity index (χ3v) is 15.7. The molecule has 2 unspecified atom stereocenters. The van der Waals surface area contributed by atoms with Crippen molar-refractivity contribution in [2.24, 2.45) is 0 Å². The normalized spacial score (nSPS) is 20.4. The van der Waals surface area contributed by atoms with Crippen molar-refractivity contribution in [3.8, 4) is 11.1 Å². The second-order valence-electron chi connectivity index (χ2n) is 17.2. The van der Waals surface area contributed by atoms with Gasteiger partial charge in [-0.2, -0.15) is 11.8 Å². The van der Waals surface area contributed by atoms with E-state index in [0.717, 1.165) is 47.3 Å². The summed E-state index contributed by atoms with van der Waals surface area (Å²) in [6.07, 6.45) is 8.42. The highest BCUT2D eigenvalue weighted by Crippen LogP contribution is 2.44. The number of unbranched alkanes of at least 4 members (excludes halogenated alkanes) is 3. The minimum Gasteiger partial charge on any atom is -0.449 e. The van der Waals surface area contributed by atoms with E-state index in [-0.39, 0.29) is 67.6 Å². The van der Waals surface area contributed by atoms with E-state index in [1.54, 1.807) is 53.5 Å². The van der Waals surface area contributed by atoms with Crippen LogP contribution in [0.4, 0.5) is 9.59 Å². The summed E-state index contributed by atoms with van der Waals surface area (Å²) in [5.41, 5.74) is 6.26. The lowest BCUT2D eigenvalue weighted by atomic mass is 9.93. The molecular formula is C51H50Cl4N4O6S. The number of hydrogen-bond acceptors (Lipinski definition) is 7. The highest BCUT2D eigenvalue weighted by molar-refractivity contribution is 8.00. The van der Waals surface area contributed by atoms with Crippen molar-refractivity contribution >= 4 is 99.9 Å². The Bertz CT molecular complexity index is 2470. The lowest BCUT2D eigenvalue weighted by molar-refractivity contribution is -0.133. The van der Waals surface area contributed by atoms with Crippen LogP contribution in [0.15, 0.2) is 96.1 Å². The number of benzene rings is 4. The summed E-state index contributed by atoms with van der Waals surface area (Å²) < 4.78 is 5.92. The molecule has 3 N–H and O–H groups in total. The number of nitrogens with one attached hydrogen (secondary N) is 3. The van der Waals surface area contributed by atoms with E-state index in [4.69, 9.17) is 51.1 Å². The number of Topliss-reactive ketones (excluding diaryl/α,β-unsaturated/α-hetero) is 2. The van der Waals surface area contributed by atoms with E-state index in [1.807, 2.05) is 48.2 Å². The van der Waals surface area contributed by atoms with Gasteiger partial charge >= 0.3 is 12.1 Å². The van der Waals surface area contributed by atoms with Crippen LogP contribution in [0, 0.1) is 0 Å². The Kier molecular flexibility index (Phi) is 15.8. The minimum absolute atomic E-state index is 0.0276. The largest absolute Gasteiger partial charge is 0.449 e. The monoisotopic (exact) mass is 986 g/mol. The summed E-state index contributed by atoms with van der Waals surface area (Å²) in [6, 6.07) is 25.5. The number of amides is 4. The zero-order chi connectivity index (χ0) is 46.3. The van der Waals surface area contributed by atoms with Gasteiger partial charge in [0.25, 0.3) is 0 Å². The molecule has 3 saturated heterocycles. The summed E-state index contributed by atoms with van der Waals surface area (Å²) in [4.78, 5) is 68.8. The lowest BCUT2D eigenvalue weighted by Gasteiger charge is -2.33. The second kappa shape index (κ2) is 21.9. The maximum Gasteiger partial charge on any atom is 0.407 e. The number of ether oxygens (including phenoxy) is 1. The Balaban J connectivity index is 0.942. The van der Waals surface area contributed by atoms with Crippen molar-refractivity contribution in [3.63, 3.8) is 0 Å². The van der Waals surface area contributed by atoms with E-state index in [0.29, 0.717) is 79.7 Å². The first-order valence-electron chi connectivity index (χ1n) is 22.4. The SMILES string of the molecule is O=C(CCCCC[C@H](NC(=O)OCC1c2ccccc2-c2ccccc21)C(=O)N1C/C(=C\c2ccc(Cl)c(Cl)c2)C(=O)/C(=C/c2ccc(Cl)c(Cl)c2)C1)CCCC[C@@H]1SCC2NC(=O)NC21. The molecule has 0 spiro atoms. The van der Waals surface area contributed by atoms with E-state index < -0.39 is 12.1 Å². The lowest BCUT2D eigenvalue weighted by Crippen LogP contribution is -2.52. The maximum atomic E-state index is 14.7. The summed E-state index contributed by atoms with van der Waals surface area (Å²) in [7, 11) is 0. The molecule has 0 aromatic heterocycles. The number of hydrogen-bond donors (Lipinski definition) is 3. The van der Waals surface area contributed by atoms with E-state index in [9.17, 15) is 24.0 Å². The van der Waals surface area contributed by atoms with Gasteiger partial charge in [-0.1, -0.05) is 126 Å². The molecule has 3 fully saturated rings. The number of urea groups is 1. The third-order valence-electron chi connectivity index (χ3n) is 12.7. The molecule has 15 heteroatoms. The molecule has 4 aromatic carbocycles. The molecule has 4 aromatic rings. The fourth-order valence-corrected chi connectivity index (χ4v) is 11.5. The number of fused-ring (bicyclic) bond motifs is 4. The first-order chi connectivity index (χ1) is 31.9. The van der Waals surface area contributed by atoms with Gasteiger partial charge in [0.05, 0.1) is 32.2 Å². The Hall–Kier alpha value is -4.78. The van der Waals surface area contributed by atoms with Gasteiger partial charge in [-0.15, -0.1) is 0 Å². The fourth-order valence-electron chi connectivity index (χ4n) is 9.35. The molecule has 4 aliphatic rings. The molecule has 4 amide bonds. The molecule has 0 radical (unpaired) electrons. The molecule has 3 heterocycles. The first-order valence-corrected chi connectivity index (χ1v) is 24.9. The van der Waals surface area contributed by atoms with Crippen molar-refractivity contribution in [3.05, 3.63) is 138 Å². The zero-order valence-electron chi connectivity index (χ0n) is 36.1. The first kappa shape index (κ1) is 47.7. The number of piperidine rings is 1. The van der Waals surface area contributed by atoms with Crippen molar-refractivity contribution in [1.29, 1.82) is 0 Å². The van der Waals surface area contributed by atoms with Gasteiger partial charge in [-0.25, -0.2) is 9.59 Å². The molecule has 1 aliphatic carbocycles. The number of rotatable bonds is 17. The number of carbonyl (C=O) groups excluding carboxylic acids is 5. The quantitative estimate of drug-likeness (QED) is 0.0545. The number of thioether (sulfide) groups is 1. The minimum atomic E-state index is -0.991. The van der Waals surface area contributed by atoms with Gasteiger partial charge in [0.15, 0.2) is 5.78 Å². The molecule has 10 nitrogen and oxygen atoms in total. The number of ketones is 2. The van der Waals surface area contributed by atoms with Crippen LogP contribution in [0.1, 0.15) is 86.0 Å². The van der Waals surface area contributed by atoms with Gasteiger partial charge in [-0.05, 0) is 95.5 Å². The standard InChI is InChI=1S/C51H50Cl4N4O6S/c52-40-20-18-30(24-42(40)54)22-32-26-59(27-33(48(32)61)23-31-19-21-41(53)43(55)25-31)49(62)44(57-51(64)65-28-39-37-14-7-5-12-35(37)36-13-6-8-15-38(36)39)16-3-1-2-10-34(60)11-4-9-17-46-47-45(29-66-46)56-50(63)58-47/h5-8,12-15,18-25,39,44-47H,1-4,9-11,16-17,26-29H2,(H,57,64)(H2,56,58,63)/b32-22+,33-23+/t44-,45?,46-,47?/m0/s1. The Morgan fingerprint density at radius 2 is 1.33 bits per heavy atom. The summed E-state index contributed by atoms with van der Waals surface area (Å²) in [5, 5.41) is 10.6. The van der Waals surface area contributed by atoms with Crippen LogP contribution >= 0.6 is 58.2 Å². The molecule has 344 valence electrons. The molecule has 8 rings (SSSR count). The molecule has 3 aliphatic heterocycles. The summed E-state index contributed by atoms with van der Waals surface area (Å²) >= 11 is 27.0. The Morgan fingerprint density at radius 3 is 1.94 bits per heavy atom. The van der Waals surface area contributed by atoms with Gasteiger partial charge in [0.1, 0.15) is 18.4 Å². The number of carbonyl (C=O) groups is 5. The molecular weight excluding hydrogens is 938 g/mol. The summed E-state index contributed by atoms with van der Waals surface area (Å²) in [6.45, 7) is 0.0168. The van der Waals surface area contributed by atoms with Gasteiger partial charge < -0.3 is 25.6 Å². The average Bonchev–Trinajstić information content (AvgIpc) is 3.97. The highest BCUT2D eigenvalue weighted by Gasteiger charge is 2.42. The van der Waals surface area contributed by atoms with E-state index in [2.05, 4.69) is 28.1 Å². The van der Waals surface area contributed by atoms with E-state index >= 15 is 0 Å². The number of nitrogens with zero attached hydrogens (tertiary/aromatic N) is 1. The smallest absolute Gasteiger partial charge is 0.407 e. The van der Waals surface area contributed by atoms with Gasteiger partial charge in [0, 0.05) is 54.0 Å². The predicted molar refractivity (Wildman–Crippen MR) is 265 cm³/mol. The zero-order valence-corrected chi connectivity index (χ0v) is 40.0. The van der Waals surface area contributed by atoms with Crippen LogP contribution in [0.5, 0.6) is 0 Å². The highest BCUT2D eigenvalue weighted by atomic mass is 35.5. The number of halogens is 4. The Labute approximate surface area is 409 Å². The number of likely N-dealkylation sites (tertiary alicyclic amines) is 1. The van der Waals surface area contributed by atoms with E-state index in [1.165, 1.54) is 0 Å². The second-order valence-corrected chi connectivity index (χ2v) is 20.1. The predicted octanol–water partition coefficient (Wildman–Crippen LogP) is 11.3. The maximum absolute atomic E-state index is 14.7. The molecule has 4 atom stereocenters. The van der Waals surface area contributed by atoms with Crippen LogP contribution in [-0.2, 0) is 19.1 Å². The molecule has 0 bridgehead atoms. The average molecular weight is 989 g/mol.